The van der Waals surface area contributed by atoms with E-state index in [2.05, 4.69) is 10.1 Å². The van der Waals surface area contributed by atoms with Gasteiger partial charge in [0, 0.05) is 28.7 Å². The number of ether oxygens (including phenoxy) is 2. The van der Waals surface area contributed by atoms with E-state index < -0.39 is 23.9 Å². The molecular formula is C16H19NO7S. The normalized spacial score (nSPS) is 18.9. The molecule has 0 unspecified atom stereocenters. The topological polar surface area (TPSA) is 122 Å². The summed E-state index contributed by atoms with van der Waals surface area (Å²) in [6.07, 6.45) is -0.122. The van der Waals surface area contributed by atoms with E-state index in [0.717, 1.165) is 6.07 Å². The van der Waals surface area contributed by atoms with Gasteiger partial charge in [0.15, 0.2) is 0 Å². The highest BCUT2D eigenvalue weighted by Gasteiger charge is 2.26. The molecule has 0 radical (unpaired) electrons. The molecule has 0 spiro atoms. The van der Waals surface area contributed by atoms with Crippen molar-refractivity contribution in [3.63, 3.8) is 0 Å². The molecule has 1 aromatic carbocycles. The van der Waals surface area contributed by atoms with Gasteiger partial charge in [-0.3, -0.25) is 4.79 Å². The van der Waals surface area contributed by atoms with Gasteiger partial charge in [0.25, 0.3) is 0 Å². The maximum atomic E-state index is 12.3. The van der Waals surface area contributed by atoms with E-state index in [1.54, 1.807) is 0 Å². The molecule has 1 aromatic rings. The number of phenolic OH excluding ortho intramolecular Hbond substituents is 2. The fraction of sp³-hybridized carbons (Fsp3) is 0.438. The average Bonchev–Trinajstić information content (AvgIpc) is 2.56. The van der Waals surface area contributed by atoms with Crippen molar-refractivity contribution in [1.29, 1.82) is 0 Å². The number of benzene rings is 1. The molecule has 0 aliphatic carbocycles. The molecule has 2 rings (SSSR count). The lowest BCUT2D eigenvalue weighted by molar-refractivity contribution is -0.144. The van der Waals surface area contributed by atoms with E-state index in [1.807, 2.05) is 0 Å². The van der Waals surface area contributed by atoms with Crippen LogP contribution in [0.15, 0.2) is 6.07 Å². The Balaban J connectivity index is 2.36. The van der Waals surface area contributed by atoms with Crippen molar-refractivity contribution in [1.82, 2.24) is 5.32 Å². The molecule has 25 heavy (non-hydrogen) atoms. The summed E-state index contributed by atoms with van der Waals surface area (Å²) in [5.41, 5.74) is 0.658. The average molecular weight is 369 g/mol. The van der Waals surface area contributed by atoms with Crippen LogP contribution in [-0.2, 0) is 24.8 Å². The van der Waals surface area contributed by atoms with Gasteiger partial charge in [-0.05, 0) is 6.92 Å². The Bertz CT molecular complexity index is 704. The molecule has 8 nitrogen and oxygen atoms in total. The van der Waals surface area contributed by atoms with E-state index in [9.17, 15) is 24.6 Å². The first-order chi connectivity index (χ1) is 11.8. The molecule has 3 N–H and O–H groups in total. The third-order valence-electron chi connectivity index (χ3n) is 3.76. The number of esters is 2. The van der Waals surface area contributed by atoms with Crippen molar-refractivity contribution in [3.05, 3.63) is 22.8 Å². The van der Waals surface area contributed by atoms with Crippen LogP contribution in [-0.4, -0.2) is 53.6 Å². The highest BCUT2D eigenvalue weighted by molar-refractivity contribution is 7.98. The van der Waals surface area contributed by atoms with Crippen LogP contribution in [0.5, 0.6) is 11.5 Å². The van der Waals surface area contributed by atoms with Crippen LogP contribution >= 0.6 is 11.8 Å². The fourth-order valence-corrected chi connectivity index (χ4v) is 3.46. The Morgan fingerprint density at radius 2 is 2.08 bits per heavy atom. The summed E-state index contributed by atoms with van der Waals surface area (Å²) in [5.74, 6) is -1.83. The number of hydrogen-bond donors (Lipinski definition) is 3. The van der Waals surface area contributed by atoms with Crippen LogP contribution in [0.2, 0.25) is 0 Å². The minimum Gasteiger partial charge on any atom is -0.508 e. The Labute approximate surface area is 148 Å². The van der Waals surface area contributed by atoms with Crippen molar-refractivity contribution in [2.45, 2.75) is 25.1 Å². The zero-order valence-corrected chi connectivity index (χ0v) is 14.6. The van der Waals surface area contributed by atoms with Crippen LogP contribution < -0.4 is 5.32 Å². The number of cyclic esters (lactones) is 1. The van der Waals surface area contributed by atoms with E-state index in [1.165, 1.54) is 25.8 Å². The number of aromatic hydroxyl groups is 2. The number of carbonyl (C=O) groups is 3. The summed E-state index contributed by atoms with van der Waals surface area (Å²) in [6, 6.07) is 0.314. The molecule has 0 bridgehead atoms. The zero-order chi connectivity index (χ0) is 18.6. The van der Waals surface area contributed by atoms with Crippen molar-refractivity contribution in [3.8, 4) is 11.5 Å². The fourth-order valence-electron chi connectivity index (χ4n) is 2.39. The number of methoxy groups -OCH3 is 1. The molecule has 1 aliphatic rings. The zero-order valence-electron chi connectivity index (χ0n) is 13.8. The Morgan fingerprint density at radius 3 is 2.76 bits per heavy atom. The predicted molar refractivity (Wildman–Crippen MR) is 89.5 cm³/mol. The van der Waals surface area contributed by atoms with Crippen molar-refractivity contribution in [2.75, 3.05) is 19.5 Å². The Kier molecular flexibility index (Phi) is 6.13. The van der Waals surface area contributed by atoms with Crippen LogP contribution in [0, 0.1) is 6.92 Å². The first kappa shape index (κ1) is 18.9. The lowest BCUT2D eigenvalue weighted by Gasteiger charge is -2.19. The van der Waals surface area contributed by atoms with Crippen LogP contribution in [0.1, 0.15) is 27.9 Å². The van der Waals surface area contributed by atoms with Crippen LogP contribution in [0.3, 0.4) is 0 Å². The minimum atomic E-state index is -0.846. The summed E-state index contributed by atoms with van der Waals surface area (Å²) in [6.45, 7) is 1.34. The van der Waals surface area contributed by atoms with Crippen molar-refractivity contribution >= 4 is 29.6 Å². The number of rotatable bonds is 1. The van der Waals surface area contributed by atoms with Gasteiger partial charge < -0.3 is 25.0 Å². The van der Waals surface area contributed by atoms with Gasteiger partial charge >= 0.3 is 11.9 Å². The van der Waals surface area contributed by atoms with Crippen molar-refractivity contribution in [2.24, 2.45) is 0 Å². The molecular weight excluding hydrogens is 350 g/mol. The molecule has 1 heterocycles. The maximum Gasteiger partial charge on any atom is 0.338 e. The number of phenols is 2. The van der Waals surface area contributed by atoms with Crippen LogP contribution in [0.25, 0.3) is 0 Å². The molecule has 1 amide bonds. The second-order valence-electron chi connectivity index (χ2n) is 5.44. The Morgan fingerprint density at radius 1 is 1.36 bits per heavy atom. The van der Waals surface area contributed by atoms with E-state index in [0.29, 0.717) is 5.56 Å². The molecule has 0 saturated carbocycles. The number of fused-ring (bicyclic) bond motifs is 1. The van der Waals surface area contributed by atoms with Gasteiger partial charge in [-0.15, -0.1) is 0 Å². The molecule has 9 heteroatoms. The third kappa shape index (κ3) is 4.36. The second kappa shape index (κ2) is 8.11. The number of amides is 1. The number of hydrogen-bond acceptors (Lipinski definition) is 8. The summed E-state index contributed by atoms with van der Waals surface area (Å²) < 4.78 is 9.75. The summed E-state index contributed by atoms with van der Waals surface area (Å²) >= 11 is 1.23. The number of carbonyl (C=O) groups excluding carboxylic acids is 3. The van der Waals surface area contributed by atoms with Crippen LogP contribution in [0.4, 0.5) is 0 Å². The highest BCUT2D eigenvalue weighted by atomic mass is 32.2. The van der Waals surface area contributed by atoms with E-state index in [4.69, 9.17) is 4.74 Å². The smallest absolute Gasteiger partial charge is 0.338 e. The summed E-state index contributed by atoms with van der Waals surface area (Å²) in [7, 11) is 1.23. The quantitative estimate of drug-likeness (QED) is 0.623. The predicted octanol–water partition coefficient (Wildman–Crippen LogP) is 0.858. The van der Waals surface area contributed by atoms with Gasteiger partial charge in [0.05, 0.1) is 19.1 Å². The molecule has 0 saturated heterocycles. The monoisotopic (exact) mass is 369 g/mol. The van der Waals surface area contributed by atoms with Gasteiger partial charge in [0.1, 0.15) is 24.1 Å². The van der Waals surface area contributed by atoms with Gasteiger partial charge in [-0.1, -0.05) is 0 Å². The SMILES string of the molecule is COC(=O)[C@H]1CSCc2c(O)cc(O)c(C)c2C(=O)OCCC(=O)N1. The first-order valence-electron chi connectivity index (χ1n) is 7.51. The minimum absolute atomic E-state index is 0.0700. The highest BCUT2D eigenvalue weighted by Crippen LogP contribution is 2.35. The van der Waals surface area contributed by atoms with E-state index in [-0.39, 0.29) is 47.2 Å². The summed E-state index contributed by atoms with van der Waals surface area (Å²) in [4.78, 5) is 35.9. The number of thioether (sulfide) groups is 1. The largest absolute Gasteiger partial charge is 0.508 e. The second-order valence-corrected chi connectivity index (χ2v) is 6.47. The first-order valence-corrected chi connectivity index (χ1v) is 8.67. The van der Waals surface area contributed by atoms with Gasteiger partial charge in [0.2, 0.25) is 5.91 Å². The molecule has 0 fully saturated rings. The number of nitrogens with one attached hydrogen (secondary N) is 1. The van der Waals surface area contributed by atoms with Gasteiger partial charge in [-0.25, -0.2) is 9.59 Å². The molecule has 1 aliphatic heterocycles. The maximum absolute atomic E-state index is 12.3. The third-order valence-corrected chi connectivity index (χ3v) is 4.82. The van der Waals surface area contributed by atoms with Gasteiger partial charge in [-0.2, -0.15) is 11.8 Å². The standard InChI is InChI=1S/C16H19NO7S/c1-8-11(18)5-12(19)9-6-25-7-10(15(21)23-2)17-13(20)3-4-24-16(22)14(8)9/h5,10,18-19H,3-4,6-7H2,1-2H3,(H,17,20)/t10-/m1/s1. The molecule has 0 aromatic heterocycles. The lowest BCUT2D eigenvalue weighted by Crippen LogP contribution is -2.43. The molecule has 1 atom stereocenters. The Hall–Kier alpha value is -2.42. The lowest BCUT2D eigenvalue weighted by atomic mass is 10.0. The van der Waals surface area contributed by atoms with Crippen molar-refractivity contribution < 1.29 is 34.1 Å². The van der Waals surface area contributed by atoms with E-state index >= 15 is 0 Å². The molecule has 136 valence electrons. The summed E-state index contributed by atoms with van der Waals surface area (Å²) in [5, 5.41) is 22.5.